The number of carbonyl (C=O) groups excluding carboxylic acids is 1. The molecule has 3 nitrogen and oxygen atoms in total. The number of rotatable bonds is 3. The van der Waals surface area contributed by atoms with Gasteiger partial charge < -0.3 is 11.1 Å². The molecule has 1 unspecified atom stereocenters. The number of nitrogens with one attached hydrogen (secondary N) is 1. The summed E-state index contributed by atoms with van der Waals surface area (Å²) in [6.07, 6.45) is 8.76. The summed E-state index contributed by atoms with van der Waals surface area (Å²) in [6.45, 7) is 0. The summed E-state index contributed by atoms with van der Waals surface area (Å²) in [5.41, 5.74) is 5.56. The molecule has 0 bridgehead atoms. The summed E-state index contributed by atoms with van der Waals surface area (Å²) < 4.78 is 0. The van der Waals surface area contributed by atoms with Crippen molar-refractivity contribution in [2.45, 2.75) is 56.9 Å². The van der Waals surface area contributed by atoms with Crippen molar-refractivity contribution in [2.24, 2.45) is 11.7 Å². The second-order valence-electron chi connectivity index (χ2n) is 5.76. The van der Waals surface area contributed by atoms with Crippen LogP contribution in [0.3, 0.4) is 0 Å². The first-order chi connectivity index (χ1) is 9.14. The van der Waals surface area contributed by atoms with Crippen LogP contribution in [0.25, 0.3) is 0 Å². The minimum atomic E-state index is -0.417. The Morgan fingerprint density at radius 3 is 2.37 bits per heavy atom. The number of nitrogens with two attached hydrogens (primary N) is 1. The molecule has 108 valence electrons. The van der Waals surface area contributed by atoms with Crippen molar-refractivity contribution in [3.05, 3.63) is 0 Å². The zero-order valence-corrected chi connectivity index (χ0v) is 13.1. The first-order valence-corrected chi connectivity index (χ1v) is 8.90. The maximum atomic E-state index is 12.4. The average molecular weight is 300 g/mol. The van der Waals surface area contributed by atoms with Crippen molar-refractivity contribution < 1.29 is 4.79 Å². The van der Waals surface area contributed by atoms with E-state index in [0.29, 0.717) is 4.99 Å². The molecule has 1 aliphatic carbocycles. The third-order valence-electron chi connectivity index (χ3n) is 4.34. The molecule has 2 aliphatic rings. The Labute approximate surface area is 125 Å². The van der Waals surface area contributed by atoms with Gasteiger partial charge in [-0.1, -0.05) is 44.3 Å². The number of amides is 1. The van der Waals surface area contributed by atoms with Crippen LogP contribution in [0.2, 0.25) is 0 Å². The number of hydrogen-bond acceptors (Lipinski definition) is 3. The summed E-state index contributed by atoms with van der Waals surface area (Å²) in [4.78, 5) is 12.9. The molecule has 2 fully saturated rings. The quantitative estimate of drug-likeness (QED) is 0.787. The zero-order valence-electron chi connectivity index (χ0n) is 11.5. The van der Waals surface area contributed by atoms with Gasteiger partial charge in [0.25, 0.3) is 0 Å². The van der Waals surface area contributed by atoms with E-state index in [0.717, 1.165) is 43.6 Å². The topological polar surface area (TPSA) is 55.1 Å². The van der Waals surface area contributed by atoms with Gasteiger partial charge in [-0.3, -0.25) is 4.79 Å². The summed E-state index contributed by atoms with van der Waals surface area (Å²) in [5, 5.41) is 3.22. The number of carbonyl (C=O) groups is 1. The maximum Gasteiger partial charge on any atom is 0.224 e. The second-order valence-corrected chi connectivity index (χ2v) is 7.35. The Kier molecular flexibility index (Phi) is 5.51. The van der Waals surface area contributed by atoms with Gasteiger partial charge in [0, 0.05) is 11.7 Å². The molecule has 0 radical (unpaired) electrons. The molecule has 1 amide bonds. The Balaban J connectivity index is 2.04. The van der Waals surface area contributed by atoms with E-state index >= 15 is 0 Å². The van der Waals surface area contributed by atoms with E-state index in [1.165, 1.54) is 19.3 Å². The predicted molar refractivity (Wildman–Crippen MR) is 85.4 cm³/mol. The van der Waals surface area contributed by atoms with Gasteiger partial charge in [-0.2, -0.15) is 11.8 Å². The van der Waals surface area contributed by atoms with E-state index in [2.05, 4.69) is 5.32 Å². The van der Waals surface area contributed by atoms with Gasteiger partial charge in [-0.05, 0) is 25.0 Å². The van der Waals surface area contributed by atoms with Gasteiger partial charge in [0.1, 0.15) is 0 Å². The van der Waals surface area contributed by atoms with Crippen LogP contribution in [0.4, 0.5) is 0 Å². The predicted octanol–water partition coefficient (Wildman–Crippen LogP) is 2.62. The van der Waals surface area contributed by atoms with Crippen LogP contribution in [0, 0.1) is 5.92 Å². The molecule has 2 rings (SSSR count). The van der Waals surface area contributed by atoms with Gasteiger partial charge >= 0.3 is 0 Å². The van der Waals surface area contributed by atoms with Crippen LogP contribution in [0.1, 0.15) is 51.4 Å². The molecule has 0 aromatic heterocycles. The SMILES string of the molecule is NC(=S)C1(NC(=O)C2CCSC2)CCCCCCC1. The van der Waals surface area contributed by atoms with Crippen LogP contribution in [-0.4, -0.2) is 27.9 Å². The Morgan fingerprint density at radius 1 is 1.21 bits per heavy atom. The Hall–Kier alpha value is -0.290. The summed E-state index contributed by atoms with van der Waals surface area (Å²) in [6, 6.07) is 0. The lowest BCUT2D eigenvalue weighted by molar-refractivity contribution is -0.125. The Morgan fingerprint density at radius 2 is 1.84 bits per heavy atom. The molecule has 0 aromatic rings. The van der Waals surface area contributed by atoms with Crippen LogP contribution in [0.5, 0.6) is 0 Å². The molecule has 1 heterocycles. The van der Waals surface area contributed by atoms with E-state index in [9.17, 15) is 4.79 Å². The highest BCUT2D eigenvalue weighted by Crippen LogP contribution is 2.29. The zero-order chi connectivity index (χ0) is 13.7. The highest BCUT2D eigenvalue weighted by Gasteiger charge is 2.37. The molecule has 1 atom stereocenters. The van der Waals surface area contributed by atoms with Crippen molar-refractivity contribution >= 4 is 34.9 Å². The van der Waals surface area contributed by atoms with Crippen LogP contribution < -0.4 is 11.1 Å². The fourth-order valence-corrected chi connectivity index (χ4v) is 4.50. The van der Waals surface area contributed by atoms with Gasteiger partial charge in [-0.15, -0.1) is 0 Å². The largest absolute Gasteiger partial charge is 0.391 e. The molecule has 1 saturated heterocycles. The fourth-order valence-electron chi connectivity index (χ4n) is 3.02. The third-order valence-corrected chi connectivity index (χ3v) is 5.89. The number of hydrogen-bond donors (Lipinski definition) is 2. The highest BCUT2D eigenvalue weighted by atomic mass is 32.2. The maximum absolute atomic E-state index is 12.4. The minimum absolute atomic E-state index is 0.154. The van der Waals surface area contributed by atoms with Crippen LogP contribution in [-0.2, 0) is 4.79 Å². The first-order valence-electron chi connectivity index (χ1n) is 7.34. The third kappa shape index (κ3) is 3.85. The van der Waals surface area contributed by atoms with E-state index in [1.54, 1.807) is 0 Å². The van der Waals surface area contributed by atoms with Crippen LogP contribution in [0.15, 0.2) is 0 Å². The van der Waals surface area contributed by atoms with Crippen molar-refractivity contribution in [2.75, 3.05) is 11.5 Å². The molecule has 5 heteroatoms. The van der Waals surface area contributed by atoms with E-state index in [-0.39, 0.29) is 11.8 Å². The molecule has 1 saturated carbocycles. The molecule has 19 heavy (non-hydrogen) atoms. The lowest BCUT2D eigenvalue weighted by Crippen LogP contribution is -2.58. The van der Waals surface area contributed by atoms with E-state index in [1.807, 2.05) is 11.8 Å². The average Bonchev–Trinajstić information content (AvgIpc) is 2.86. The first kappa shape index (κ1) is 15.1. The highest BCUT2D eigenvalue weighted by molar-refractivity contribution is 7.99. The second kappa shape index (κ2) is 6.93. The molecule has 0 spiro atoms. The van der Waals surface area contributed by atoms with Crippen molar-refractivity contribution in [3.8, 4) is 0 Å². The van der Waals surface area contributed by atoms with Gasteiger partial charge in [0.2, 0.25) is 5.91 Å². The van der Waals surface area contributed by atoms with Gasteiger partial charge in [0.15, 0.2) is 0 Å². The normalized spacial score (nSPS) is 27.3. The minimum Gasteiger partial charge on any atom is -0.391 e. The number of thiocarbonyl (C=S) groups is 1. The summed E-state index contributed by atoms with van der Waals surface area (Å²) >= 11 is 7.15. The molecule has 3 N–H and O–H groups in total. The standard InChI is InChI=1S/C14H24N2OS2/c15-13(18)14(7-4-2-1-3-5-8-14)16-12(17)11-6-9-19-10-11/h11H,1-10H2,(H2,15,18)(H,16,17). The van der Waals surface area contributed by atoms with Gasteiger partial charge in [0.05, 0.1) is 10.5 Å². The molecular formula is C14H24N2OS2. The smallest absolute Gasteiger partial charge is 0.224 e. The summed E-state index contributed by atoms with van der Waals surface area (Å²) in [5.74, 6) is 2.36. The summed E-state index contributed by atoms with van der Waals surface area (Å²) in [7, 11) is 0. The monoisotopic (exact) mass is 300 g/mol. The van der Waals surface area contributed by atoms with Gasteiger partial charge in [-0.25, -0.2) is 0 Å². The fraction of sp³-hybridized carbons (Fsp3) is 0.857. The molecule has 1 aliphatic heterocycles. The lowest BCUT2D eigenvalue weighted by Gasteiger charge is -2.36. The van der Waals surface area contributed by atoms with Crippen molar-refractivity contribution in [1.82, 2.24) is 5.32 Å². The van der Waals surface area contributed by atoms with Crippen LogP contribution >= 0.6 is 24.0 Å². The van der Waals surface area contributed by atoms with E-state index in [4.69, 9.17) is 18.0 Å². The molecule has 0 aromatic carbocycles. The lowest BCUT2D eigenvalue weighted by atomic mass is 9.83. The van der Waals surface area contributed by atoms with Crippen molar-refractivity contribution in [1.29, 1.82) is 0 Å². The number of thioether (sulfide) groups is 1. The van der Waals surface area contributed by atoms with Crippen molar-refractivity contribution in [3.63, 3.8) is 0 Å². The van der Waals surface area contributed by atoms with E-state index < -0.39 is 5.54 Å². The molecular weight excluding hydrogens is 276 g/mol. The Bertz CT molecular complexity index is 332.